The second-order valence-electron chi connectivity index (χ2n) is 4.28. The molecule has 3 heteroatoms. The summed E-state index contributed by atoms with van der Waals surface area (Å²) < 4.78 is 0. The SMILES string of the molecule is Oc1ccc(SCCC2CCCCN2)cc1. The minimum Gasteiger partial charge on any atom is -0.508 e. The summed E-state index contributed by atoms with van der Waals surface area (Å²) in [7, 11) is 0. The first-order chi connectivity index (χ1) is 7.84. The molecule has 0 bridgehead atoms. The van der Waals surface area contributed by atoms with E-state index in [4.69, 9.17) is 5.11 Å². The highest BCUT2D eigenvalue weighted by molar-refractivity contribution is 7.99. The summed E-state index contributed by atoms with van der Waals surface area (Å²) in [6.45, 7) is 1.19. The molecular formula is C13H19NOS. The predicted octanol–water partition coefficient (Wildman–Crippen LogP) is 3.02. The number of aromatic hydroxyl groups is 1. The molecule has 1 aromatic rings. The molecule has 0 spiro atoms. The van der Waals surface area contributed by atoms with Gasteiger partial charge in [0.25, 0.3) is 0 Å². The zero-order chi connectivity index (χ0) is 11.2. The predicted molar refractivity (Wildman–Crippen MR) is 69.1 cm³/mol. The summed E-state index contributed by atoms with van der Waals surface area (Å²) in [5, 5.41) is 12.7. The molecule has 2 N–H and O–H groups in total. The number of phenols is 1. The van der Waals surface area contributed by atoms with E-state index in [2.05, 4.69) is 5.32 Å². The standard InChI is InChI=1S/C13H19NOS/c15-12-4-6-13(7-5-12)16-10-8-11-3-1-2-9-14-11/h4-7,11,14-15H,1-3,8-10H2. The van der Waals surface area contributed by atoms with E-state index in [1.54, 1.807) is 12.1 Å². The average Bonchev–Trinajstić information content (AvgIpc) is 2.33. The van der Waals surface area contributed by atoms with E-state index >= 15 is 0 Å². The highest BCUT2D eigenvalue weighted by atomic mass is 32.2. The Hall–Kier alpha value is -0.670. The van der Waals surface area contributed by atoms with Crippen molar-refractivity contribution in [1.29, 1.82) is 0 Å². The van der Waals surface area contributed by atoms with Crippen LogP contribution in [0.1, 0.15) is 25.7 Å². The van der Waals surface area contributed by atoms with Gasteiger partial charge >= 0.3 is 0 Å². The van der Waals surface area contributed by atoms with Crippen molar-refractivity contribution >= 4 is 11.8 Å². The van der Waals surface area contributed by atoms with Gasteiger partial charge in [-0.1, -0.05) is 6.42 Å². The lowest BCUT2D eigenvalue weighted by atomic mass is 10.0. The van der Waals surface area contributed by atoms with Crippen LogP contribution < -0.4 is 5.32 Å². The third kappa shape index (κ3) is 3.72. The Kier molecular flexibility index (Phi) is 4.55. The Morgan fingerprint density at radius 2 is 2.06 bits per heavy atom. The van der Waals surface area contributed by atoms with Crippen molar-refractivity contribution in [3.05, 3.63) is 24.3 Å². The molecule has 1 atom stereocenters. The molecular weight excluding hydrogens is 218 g/mol. The quantitative estimate of drug-likeness (QED) is 0.790. The number of thioether (sulfide) groups is 1. The number of nitrogens with one attached hydrogen (secondary N) is 1. The summed E-state index contributed by atoms with van der Waals surface area (Å²) in [6.07, 6.45) is 5.28. The van der Waals surface area contributed by atoms with E-state index in [1.807, 2.05) is 23.9 Å². The highest BCUT2D eigenvalue weighted by Gasteiger charge is 2.11. The molecule has 1 aliphatic heterocycles. The van der Waals surface area contributed by atoms with Crippen LogP contribution in [0.4, 0.5) is 0 Å². The van der Waals surface area contributed by atoms with Crippen LogP contribution >= 0.6 is 11.8 Å². The van der Waals surface area contributed by atoms with Crippen molar-refractivity contribution in [3.8, 4) is 5.75 Å². The van der Waals surface area contributed by atoms with Crippen LogP contribution in [0.3, 0.4) is 0 Å². The first-order valence-corrected chi connectivity index (χ1v) is 6.98. The fraction of sp³-hybridized carbons (Fsp3) is 0.538. The fourth-order valence-electron chi connectivity index (χ4n) is 2.03. The van der Waals surface area contributed by atoms with Crippen molar-refractivity contribution in [2.24, 2.45) is 0 Å². The number of rotatable bonds is 4. The van der Waals surface area contributed by atoms with Crippen LogP contribution in [0, 0.1) is 0 Å². The van der Waals surface area contributed by atoms with E-state index in [0.717, 1.165) is 11.8 Å². The number of hydrogen-bond donors (Lipinski definition) is 2. The molecule has 0 radical (unpaired) electrons. The average molecular weight is 237 g/mol. The molecule has 0 saturated carbocycles. The third-order valence-electron chi connectivity index (χ3n) is 2.98. The van der Waals surface area contributed by atoms with Gasteiger partial charge in [-0.25, -0.2) is 0 Å². The molecule has 2 rings (SSSR count). The molecule has 0 aromatic heterocycles. The monoisotopic (exact) mass is 237 g/mol. The zero-order valence-corrected chi connectivity index (χ0v) is 10.3. The third-order valence-corrected chi connectivity index (χ3v) is 4.03. The van der Waals surface area contributed by atoms with E-state index in [-0.39, 0.29) is 0 Å². The molecule has 16 heavy (non-hydrogen) atoms. The van der Waals surface area contributed by atoms with Crippen LogP contribution in [0.25, 0.3) is 0 Å². The van der Waals surface area contributed by atoms with Gasteiger partial charge in [-0.2, -0.15) is 0 Å². The van der Waals surface area contributed by atoms with Gasteiger partial charge in [-0.15, -0.1) is 11.8 Å². The normalized spacial score (nSPS) is 20.9. The van der Waals surface area contributed by atoms with Crippen molar-refractivity contribution in [2.45, 2.75) is 36.6 Å². The van der Waals surface area contributed by atoms with Gasteiger partial charge in [0.2, 0.25) is 0 Å². The zero-order valence-electron chi connectivity index (χ0n) is 9.48. The van der Waals surface area contributed by atoms with E-state index in [9.17, 15) is 0 Å². The molecule has 0 amide bonds. The maximum atomic E-state index is 9.17. The lowest BCUT2D eigenvalue weighted by Crippen LogP contribution is -2.34. The first-order valence-electron chi connectivity index (χ1n) is 6.00. The van der Waals surface area contributed by atoms with Crippen LogP contribution in [-0.2, 0) is 0 Å². The number of benzene rings is 1. The number of hydrogen-bond acceptors (Lipinski definition) is 3. The fourth-order valence-corrected chi connectivity index (χ4v) is 3.00. The summed E-state index contributed by atoms with van der Waals surface area (Å²) in [4.78, 5) is 1.24. The highest BCUT2D eigenvalue weighted by Crippen LogP contribution is 2.22. The van der Waals surface area contributed by atoms with Crippen molar-refractivity contribution in [1.82, 2.24) is 5.32 Å². The topological polar surface area (TPSA) is 32.3 Å². The Morgan fingerprint density at radius 3 is 2.75 bits per heavy atom. The number of piperidine rings is 1. The molecule has 2 nitrogen and oxygen atoms in total. The molecule has 1 heterocycles. The lowest BCUT2D eigenvalue weighted by Gasteiger charge is -2.23. The second-order valence-corrected chi connectivity index (χ2v) is 5.45. The van der Waals surface area contributed by atoms with Crippen LogP contribution in [0.2, 0.25) is 0 Å². The van der Waals surface area contributed by atoms with E-state index in [1.165, 1.54) is 37.1 Å². The molecule has 1 aliphatic rings. The lowest BCUT2D eigenvalue weighted by molar-refractivity contribution is 0.395. The van der Waals surface area contributed by atoms with Gasteiger partial charge in [0, 0.05) is 10.9 Å². The Labute approximate surface area is 101 Å². The maximum Gasteiger partial charge on any atom is 0.115 e. The Morgan fingerprint density at radius 1 is 1.25 bits per heavy atom. The summed E-state index contributed by atoms with van der Waals surface area (Å²) in [6, 6.07) is 8.18. The molecule has 88 valence electrons. The summed E-state index contributed by atoms with van der Waals surface area (Å²) in [5.41, 5.74) is 0. The van der Waals surface area contributed by atoms with Gasteiger partial charge in [0.15, 0.2) is 0 Å². The van der Waals surface area contributed by atoms with E-state index < -0.39 is 0 Å². The minimum atomic E-state index is 0.346. The van der Waals surface area contributed by atoms with Crippen LogP contribution in [0.15, 0.2) is 29.2 Å². The van der Waals surface area contributed by atoms with Gasteiger partial charge < -0.3 is 10.4 Å². The van der Waals surface area contributed by atoms with Crippen LogP contribution in [0.5, 0.6) is 5.75 Å². The molecule has 1 saturated heterocycles. The van der Waals surface area contributed by atoms with Gasteiger partial charge in [0.05, 0.1) is 0 Å². The summed E-state index contributed by atoms with van der Waals surface area (Å²) in [5.74, 6) is 1.50. The minimum absolute atomic E-state index is 0.346. The summed E-state index contributed by atoms with van der Waals surface area (Å²) >= 11 is 1.87. The Bertz CT molecular complexity index is 306. The Balaban J connectivity index is 1.69. The van der Waals surface area contributed by atoms with Gasteiger partial charge in [-0.3, -0.25) is 0 Å². The molecule has 1 aromatic carbocycles. The maximum absolute atomic E-state index is 9.17. The molecule has 1 fully saturated rings. The first kappa shape index (κ1) is 11.8. The smallest absolute Gasteiger partial charge is 0.115 e. The van der Waals surface area contributed by atoms with Crippen LogP contribution in [-0.4, -0.2) is 23.4 Å². The second kappa shape index (κ2) is 6.16. The van der Waals surface area contributed by atoms with Gasteiger partial charge in [0.1, 0.15) is 5.75 Å². The number of phenolic OH excluding ortho intramolecular Hbond substituents is 1. The van der Waals surface area contributed by atoms with Crippen molar-refractivity contribution in [2.75, 3.05) is 12.3 Å². The van der Waals surface area contributed by atoms with Crippen molar-refractivity contribution in [3.63, 3.8) is 0 Å². The molecule has 1 unspecified atom stereocenters. The van der Waals surface area contributed by atoms with Crippen molar-refractivity contribution < 1.29 is 5.11 Å². The van der Waals surface area contributed by atoms with E-state index in [0.29, 0.717) is 5.75 Å². The largest absolute Gasteiger partial charge is 0.508 e. The van der Waals surface area contributed by atoms with Gasteiger partial charge in [-0.05, 0) is 55.8 Å². The molecule has 0 aliphatic carbocycles.